The number of hydrogen-bond acceptors (Lipinski definition) is 1. The van der Waals surface area contributed by atoms with E-state index < -0.39 is 0 Å². The predicted octanol–water partition coefficient (Wildman–Crippen LogP) is 2.62. The van der Waals surface area contributed by atoms with Crippen molar-refractivity contribution in [3.63, 3.8) is 0 Å². The van der Waals surface area contributed by atoms with Crippen LogP contribution in [0, 0.1) is 0 Å². The summed E-state index contributed by atoms with van der Waals surface area (Å²) in [6, 6.07) is 10.7. The third kappa shape index (κ3) is 4.69. The van der Waals surface area contributed by atoms with E-state index in [0.717, 1.165) is 6.54 Å². The quantitative estimate of drug-likeness (QED) is 0.659. The van der Waals surface area contributed by atoms with Crippen molar-refractivity contribution in [3.05, 3.63) is 35.9 Å². The van der Waals surface area contributed by atoms with Gasteiger partial charge >= 0.3 is 0 Å². The van der Waals surface area contributed by atoms with Gasteiger partial charge in [-0.15, -0.1) is 0 Å². The van der Waals surface area contributed by atoms with Crippen molar-refractivity contribution in [2.45, 2.75) is 25.7 Å². The van der Waals surface area contributed by atoms with Gasteiger partial charge in [-0.1, -0.05) is 36.8 Å². The summed E-state index contributed by atoms with van der Waals surface area (Å²) in [5.74, 6) is 0. The first kappa shape index (κ1) is 10.3. The maximum atomic E-state index is 3.17. The molecule has 1 rings (SSSR count). The third-order valence-corrected chi connectivity index (χ3v) is 2.24. The Hall–Kier alpha value is -0.820. The first-order valence-corrected chi connectivity index (χ1v) is 5.12. The summed E-state index contributed by atoms with van der Waals surface area (Å²) in [6.07, 6.45) is 5.16. The fourth-order valence-electron chi connectivity index (χ4n) is 1.45. The van der Waals surface area contributed by atoms with Gasteiger partial charge in [0.15, 0.2) is 0 Å². The van der Waals surface area contributed by atoms with Crippen molar-refractivity contribution in [1.82, 2.24) is 5.32 Å². The molecular formula is C12H19N. The van der Waals surface area contributed by atoms with Crippen molar-refractivity contribution in [3.8, 4) is 0 Å². The molecule has 0 saturated carbocycles. The van der Waals surface area contributed by atoms with E-state index in [4.69, 9.17) is 0 Å². The average molecular weight is 177 g/mol. The molecule has 72 valence electrons. The number of benzene rings is 1. The Bertz CT molecular complexity index is 206. The number of rotatable bonds is 6. The molecule has 0 unspecified atom stereocenters. The number of unbranched alkanes of at least 4 members (excludes halogenated alkanes) is 2. The average Bonchev–Trinajstić information content (AvgIpc) is 2.19. The lowest BCUT2D eigenvalue weighted by Crippen LogP contribution is -2.07. The Balaban J connectivity index is 2.07. The Morgan fingerprint density at radius 1 is 1.00 bits per heavy atom. The molecule has 1 aromatic carbocycles. The highest BCUT2D eigenvalue weighted by Crippen LogP contribution is 2.05. The maximum absolute atomic E-state index is 3.17. The standard InChI is InChI=1S/C12H19N/c1-13-11-7-3-6-10-12-8-4-2-5-9-12/h2,4-5,8-9,13H,3,6-7,10-11H2,1H3. The lowest BCUT2D eigenvalue weighted by atomic mass is 10.1. The van der Waals surface area contributed by atoms with Crippen LogP contribution >= 0.6 is 0 Å². The molecule has 0 fully saturated rings. The van der Waals surface area contributed by atoms with Crippen LogP contribution in [0.25, 0.3) is 0 Å². The van der Waals surface area contributed by atoms with Crippen molar-refractivity contribution in [2.24, 2.45) is 0 Å². The largest absolute Gasteiger partial charge is 0.320 e. The van der Waals surface area contributed by atoms with E-state index in [1.807, 2.05) is 7.05 Å². The molecule has 0 amide bonds. The lowest BCUT2D eigenvalue weighted by Gasteiger charge is -2.01. The Labute approximate surface area is 81.2 Å². The zero-order valence-corrected chi connectivity index (χ0v) is 8.42. The van der Waals surface area contributed by atoms with Gasteiger partial charge < -0.3 is 5.32 Å². The van der Waals surface area contributed by atoms with Crippen molar-refractivity contribution in [1.29, 1.82) is 0 Å². The maximum Gasteiger partial charge on any atom is -0.00519 e. The molecule has 0 aliphatic heterocycles. The van der Waals surface area contributed by atoms with Crippen molar-refractivity contribution < 1.29 is 0 Å². The van der Waals surface area contributed by atoms with Crippen LogP contribution in [0.1, 0.15) is 24.8 Å². The van der Waals surface area contributed by atoms with Crippen LogP contribution in [0.3, 0.4) is 0 Å². The van der Waals surface area contributed by atoms with E-state index in [0.29, 0.717) is 0 Å². The molecule has 1 nitrogen and oxygen atoms in total. The van der Waals surface area contributed by atoms with Crippen molar-refractivity contribution >= 4 is 0 Å². The van der Waals surface area contributed by atoms with Gasteiger partial charge in [0, 0.05) is 0 Å². The second-order valence-electron chi connectivity index (χ2n) is 3.40. The molecule has 1 heteroatoms. The molecule has 0 aromatic heterocycles. The van der Waals surface area contributed by atoms with E-state index in [1.165, 1.54) is 31.2 Å². The fraction of sp³-hybridized carbons (Fsp3) is 0.500. The highest BCUT2D eigenvalue weighted by Gasteiger charge is 1.91. The highest BCUT2D eigenvalue weighted by molar-refractivity contribution is 5.14. The van der Waals surface area contributed by atoms with Crippen LogP contribution in [0.15, 0.2) is 30.3 Å². The normalized spacial score (nSPS) is 10.2. The SMILES string of the molecule is CNCCCCCc1ccccc1. The molecule has 0 saturated heterocycles. The fourth-order valence-corrected chi connectivity index (χ4v) is 1.45. The van der Waals surface area contributed by atoms with Gasteiger partial charge in [0.1, 0.15) is 0 Å². The molecule has 0 atom stereocenters. The van der Waals surface area contributed by atoms with Crippen LogP contribution < -0.4 is 5.32 Å². The second kappa shape index (κ2) is 6.67. The van der Waals surface area contributed by atoms with Gasteiger partial charge in [-0.3, -0.25) is 0 Å². The highest BCUT2D eigenvalue weighted by atomic mass is 14.8. The van der Waals surface area contributed by atoms with Crippen LogP contribution in [0.4, 0.5) is 0 Å². The van der Waals surface area contributed by atoms with E-state index >= 15 is 0 Å². The number of nitrogens with one attached hydrogen (secondary N) is 1. The van der Waals surface area contributed by atoms with Gasteiger partial charge in [0.2, 0.25) is 0 Å². The summed E-state index contributed by atoms with van der Waals surface area (Å²) in [6.45, 7) is 1.15. The predicted molar refractivity (Wildman–Crippen MR) is 57.9 cm³/mol. The summed E-state index contributed by atoms with van der Waals surface area (Å²) in [5.41, 5.74) is 1.46. The molecule has 0 heterocycles. The zero-order chi connectivity index (χ0) is 9.36. The Morgan fingerprint density at radius 2 is 1.77 bits per heavy atom. The van der Waals surface area contributed by atoms with Gasteiger partial charge in [0.25, 0.3) is 0 Å². The van der Waals surface area contributed by atoms with Crippen molar-refractivity contribution in [2.75, 3.05) is 13.6 Å². The van der Waals surface area contributed by atoms with Gasteiger partial charge in [0.05, 0.1) is 0 Å². The minimum atomic E-state index is 1.15. The van der Waals surface area contributed by atoms with Gasteiger partial charge in [-0.2, -0.15) is 0 Å². The third-order valence-electron chi connectivity index (χ3n) is 2.24. The molecule has 0 bridgehead atoms. The first-order chi connectivity index (χ1) is 6.43. The molecule has 0 aliphatic rings. The van der Waals surface area contributed by atoms with Gasteiger partial charge in [-0.25, -0.2) is 0 Å². The van der Waals surface area contributed by atoms with Gasteiger partial charge in [-0.05, 0) is 38.4 Å². The first-order valence-electron chi connectivity index (χ1n) is 5.12. The summed E-state index contributed by atoms with van der Waals surface area (Å²) < 4.78 is 0. The number of hydrogen-bond donors (Lipinski definition) is 1. The molecule has 1 aromatic rings. The monoisotopic (exact) mass is 177 g/mol. The van der Waals surface area contributed by atoms with E-state index in [2.05, 4.69) is 35.6 Å². The Kier molecular flexibility index (Phi) is 5.27. The molecule has 0 radical (unpaired) electrons. The summed E-state index contributed by atoms with van der Waals surface area (Å²) >= 11 is 0. The van der Waals surface area contributed by atoms with E-state index in [1.54, 1.807) is 0 Å². The molecule has 0 aliphatic carbocycles. The molecule has 0 spiro atoms. The minimum absolute atomic E-state index is 1.15. The van der Waals surface area contributed by atoms with Crippen LogP contribution in [0.5, 0.6) is 0 Å². The zero-order valence-electron chi connectivity index (χ0n) is 8.42. The van der Waals surface area contributed by atoms with Crippen LogP contribution in [0.2, 0.25) is 0 Å². The molecule has 13 heavy (non-hydrogen) atoms. The van der Waals surface area contributed by atoms with Crippen LogP contribution in [-0.2, 0) is 6.42 Å². The number of aryl methyl sites for hydroxylation is 1. The molecule has 1 N–H and O–H groups in total. The van der Waals surface area contributed by atoms with Crippen LogP contribution in [-0.4, -0.2) is 13.6 Å². The minimum Gasteiger partial charge on any atom is -0.320 e. The smallest absolute Gasteiger partial charge is 0.00519 e. The lowest BCUT2D eigenvalue weighted by molar-refractivity contribution is 0.642. The summed E-state index contributed by atoms with van der Waals surface area (Å²) in [5, 5.41) is 3.17. The second-order valence-corrected chi connectivity index (χ2v) is 3.40. The van der Waals surface area contributed by atoms with E-state index in [-0.39, 0.29) is 0 Å². The molecular weight excluding hydrogens is 158 g/mol. The Morgan fingerprint density at radius 3 is 2.46 bits per heavy atom. The summed E-state index contributed by atoms with van der Waals surface area (Å²) in [7, 11) is 2.01. The van der Waals surface area contributed by atoms with E-state index in [9.17, 15) is 0 Å². The summed E-state index contributed by atoms with van der Waals surface area (Å²) in [4.78, 5) is 0. The topological polar surface area (TPSA) is 12.0 Å².